The fourth-order valence-electron chi connectivity index (χ4n) is 5.21. The van der Waals surface area contributed by atoms with E-state index in [9.17, 15) is 4.79 Å². The number of benzene rings is 2. The molecule has 5 nitrogen and oxygen atoms in total. The molecule has 0 radical (unpaired) electrons. The summed E-state index contributed by atoms with van der Waals surface area (Å²) in [6, 6.07) is 16.7. The molecule has 2 aliphatic heterocycles. The molecular formula is C27H36N2O3. The first kappa shape index (κ1) is 22.7. The zero-order chi connectivity index (χ0) is 22.3. The Balaban J connectivity index is 1.30. The van der Waals surface area contributed by atoms with E-state index in [-0.39, 0.29) is 5.92 Å². The molecule has 172 valence electrons. The summed E-state index contributed by atoms with van der Waals surface area (Å²) in [6.07, 6.45) is 5.40. The van der Waals surface area contributed by atoms with Gasteiger partial charge in [-0.2, -0.15) is 0 Å². The normalized spacial score (nSPS) is 20.2. The number of ether oxygens (including phenoxy) is 2. The van der Waals surface area contributed by atoms with Crippen molar-refractivity contribution in [2.45, 2.75) is 38.6 Å². The first-order valence-corrected chi connectivity index (χ1v) is 11.9. The van der Waals surface area contributed by atoms with E-state index in [1.54, 1.807) is 14.2 Å². The van der Waals surface area contributed by atoms with Crippen LogP contribution in [0.1, 0.15) is 36.8 Å². The molecule has 2 aromatic rings. The van der Waals surface area contributed by atoms with Gasteiger partial charge < -0.3 is 14.4 Å². The highest BCUT2D eigenvalue weighted by Crippen LogP contribution is 2.29. The molecular weight excluding hydrogens is 400 g/mol. The number of carbonyl (C=O) groups is 1. The Morgan fingerprint density at radius 2 is 1.75 bits per heavy atom. The molecule has 0 N–H and O–H groups in total. The van der Waals surface area contributed by atoms with E-state index in [1.165, 1.54) is 5.56 Å². The molecule has 0 bridgehead atoms. The average Bonchev–Trinajstić information content (AvgIpc) is 2.85. The van der Waals surface area contributed by atoms with Gasteiger partial charge >= 0.3 is 0 Å². The molecule has 0 unspecified atom stereocenters. The van der Waals surface area contributed by atoms with E-state index in [4.69, 9.17) is 9.47 Å². The van der Waals surface area contributed by atoms with E-state index in [1.807, 2.05) is 18.2 Å². The minimum absolute atomic E-state index is 0.103. The molecule has 0 spiro atoms. The predicted octanol–water partition coefficient (Wildman–Crippen LogP) is 4.40. The smallest absolute Gasteiger partial charge is 0.226 e. The van der Waals surface area contributed by atoms with Crippen molar-refractivity contribution in [1.82, 2.24) is 9.80 Å². The number of piperidine rings is 2. The van der Waals surface area contributed by atoms with Gasteiger partial charge in [0.25, 0.3) is 0 Å². The number of likely N-dealkylation sites (tertiary alicyclic amines) is 2. The van der Waals surface area contributed by atoms with Crippen molar-refractivity contribution < 1.29 is 14.3 Å². The van der Waals surface area contributed by atoms with Crippen LogP contribution in [0.15, 0.2) is 48.5 Å². The molecule has 2 fully saturated rings. The first-order valence-electron chi connectivity index (χ1n) is 11.9. The quantitative estimate of drug-likeness (QED) is 0.645. The Bertz CT molecular complexity index is 878. The molecule has 2 aromatic carbocycles. The minimum Gasteiger partial charge on any atom is -0.497 e. The van der Waals surface area contributed by atoms with Crippen molar-refractivity contribution >= 4 is 5.91 Å². The number of hydrogen-bond donors (Lipinski definition) is 0. The second-order valence-electron chi connectivity index (χ2n) is 9.21. The fourth-order valence-corrected chi connectivity index (χ4v) is 5.21. The third-order valence-corrected chi connectivity index (χ3v) is 7.03. The van der Waals surface area contributed by atoms with E-state index in [0.29, 0.717) is 11.8 Å². The van der Waals surface area contributed by atoms with Gasteiger partial charge in [-0.3, -0.25) is 9.69 Å². The third-order valence-electron chi connectivity index (χ3n) is 7.03. The molecule has 5 heteroatoms. The van der Waals surface area contributed by atoms with Crippen molar-refractivity contribution in [3.63, 3.8) is 0 Å². The van der Waals surface area contributed by atoms with Crippen LogP contribution < -0.4 is 9.47 Å². The number of nitrogens with zero attached hydrogens (tertiary/aromatic N) is 2. The van der Waals surface area contributed by atoms with Crippen LogP contribution in [0, 0.1) is 11.8 Å². The summed E-state index contributed by atoms with van der Waals surface area (Å²) >= 11 is 0. The standard InChI is InChI=1S/C27H36N2O3/c1-31-25-10-11-26(32-2)24(18-25)20-28-14-6-9-23(19-28)27(30)29-15-12-22(13-16-29)17-21-7-4-3-5-8-21/h3-5,7-8,10-11,18,22-23H,6,9,12-17,19-20H2,1-2H3/t23-/m1/s1. The fraction of sp³-hybridized carbons (Fsp3) is 0.519. The highest BCUT2D eigenvalue weighted by atomic mass is 16.5. The number of amides is 1. The average molecular weight is 437 g/mol. The van der Waals surface area contributed by atoms with Gasteiger partial charge in [0.2, 0.25) is 5.91 Å². The van der Waals surface area contributed by atoms with Crippen molar-refractivity contribution in [2.24, 2.45) is 11.8 Å². The number of carbonyl (C=O) groups excluding carboxylic acids is 1. The minimum atomic E-state index is 0.103. The third kappa shape index (κ3) is 5.63. The van der Waals surface area contributed by atoms with Crippen LogP contribution in [-0.4, -0.2) is 56.1 Å². The van der Waals surface area contributed by atoms with Crippen LogP contribution >= 0.6 is 0 Å². The summed E-state index contributed by atoms with van der Waals surface area (Å²) in [4.78, 5) is 17.8. The Labute approximate surface area is 192 Å². The van der Waals surface area contributed by atoms with Gasteiger partial charge in [-0.1, -0.05) is 30.3 Å². The van der Waals surface area contributed by atoms with Crippen LogP contribution in [0.25, 0.3) is 0 Å². The molecule has 0 aliphatic carbocycles. The molecule has 2 heterocycles. The van der Waals surface area contributed by atoms with Gasteiger partial charge in [-0.25, -0.2) is 0 Å². The molecule has 0 saturated carbocycles. The van der Waals surface area contributed by atoms with Crippen LogP contribution in [-0.2, 0) is 17.8 Å². The summed E-state index contributed by atoms with van der Waals surface area (Å²) in [5.41, 5.74) is 2.52. The van der Waals surface area contributed by atoms with Gasteiger partial charge in [-0.15, -0.1) is 0 Å². The molecule has 2 aliphatic rings. The van der Waals surface area contributed by atoms with E-state index in [2.05, 4.69) is 40.1 Å². The lowest BCUT2D eigenvalue weighted by atomic mass is 9.89. The monoisotopic (exact) mass is 436 g/mol. The highest BCUT2D eigenvalue weighted by Gasteiger charge is 2.31. The maximum atomic E-state index is 13.3. The zero-order valence-corrected chi connectivity index (χ0v) is 19.5. The van der Waals surface area contributed by atoms with Crippen LogP contribution in [0.2, 0.25) is 0 Å². The molecule has 1 atom stereocenters. The van der Waals surface area contributed by atoms with Crippen molar-refractivity contribution in [3.05, 3.63) is 59.7 Å². The van der Waals surface area contributed by atoms with E-state index in [0.717, 1.165) is 81.9 Å². The Morgan fingerprint density at radius 1 is 0.969 bits per heavy atom. The Hall–Kier alpha value is -2.53. The first-order chi connectivity index (χ1) is 15.7. The SMILES string of the molecule is COc1ccc(OC)c(CN2CCC[C@@H](C(=O)N3CCC(Cc4ccccc4)CC3)C2)c1. The van der Waals surface area contributed by atoms with Crippen molar-refractivity contribution in [1.29, 1.82) is 0 Å². The summed E-state index contributed by atoms with van der Waals surface area (Å²) in [6.45, 7) is 4.42. The molecule has 1 amide bonds. The van der Waals surface area contributed by atoms with Gasteiger partial charge in [0.05, 0.1) is 20.1 Å². The maximum absolute atomic E-state index is 13.3. The van der Waals surface area contributed by atoms with Gasteiger partial charge in [0, 0.05) is 31.7 Å². The van der Waals surface area contributed by atoms with Gasteiger partial charge in [0.1, 0.15) is 11.5 Å². The molecule has 0 aromatic heterocycles. The molecule has 32 heavy (non-hydrogen) atoms. The van der Waals surface area contributed by atoms with Crippen LogP contribution in [0.4, 0.5) is 0 Å². The van der Waals surface area contributed by atoms with Gasteiger partial charge in [-0.05, 0) is 68.3 Å². The second-order valence-corrected chi connectivity index (χ2v) is 9.21. The van der Waals surface area contributed by atoms with Crippen molar-refractivity contribution in [3.8, 4) is 11.5 Å². The zero-order valence-electron chi connectivity index (χ0n) is 19.5. The van der Waals surface area contributed by atoms with Crippen LogP contribution in [0.5, 0.6) is 11.5 Å². The maximum Gasteiger partial charge on any atom is 0.226 e. The lowest BCUT2D eigenvalue weighted by molar-refractivity contribution is -0.138. The predicted molar refractivity (Wildman–Crippen MR) is 127 cm³/mol. The second kappa shape index (κ2) is 10.9. The molecule has 2 saturated heterocycles. The lowest BCUT2D eigenvalue weighted by Crippen LogP contribution is -2.47. The molecule has 4 rings (SSSR count). The summed E-state index contributed by atoms with van der Waals surface area (Å²) in [7, 11) is 3.39. The Morgan fingerprint density at radius 3 is 2.47 bits per heavy atom. The largest absolute Gasteiger partial charge is 0.497 e. The van der Waals surface area contributed by atoms with Gasteiger partial charge in [0.15, 0.2) is 0 Å². The summed E-state index contributed by atoms with van der Waals surface area (Å²) < 4.78 is 10.9. The highest BCUT2D eigenvalue weighted by molar-refractivity contribution is 5.79. The summed E-state index contributed by atoms with van der Waals surface area (Å²) in [5, 5.41) is 0. The summed E-state index contributed by atoms with van der Waals surface area (Å²) in [5.74, 6) is 2.85. The van der Waals surface area contributed by atoms with E-state index >= 15 is 0 Å². The van der Waals surface area contributed by atoms with E-state index < -0.39 is 0 Å². The number of hydrogen-bond acceptors (Lipinski definition) is 4. The number of rotatable bonds is 7. The number of methoxy groups -OCH3 is 2. The lowest BCUT2D eigenvalue weighted by Gasteiger charge is -2.38. The topological polar surface area (TPSA) is 42.0 Å². The van der Waals surface area contributed by atoms with Crippen LogP contribution in [0.3, 0.4) is 0 Å². The van der Waals surface area contributed by atoms with Crippen molar-refractivity contribution in [2.75, 3.05) is 40.4 Å². The Kier molecular flexibility index (Phi) is 7.69.